The average molecular weight is 382 g/mol. The van der Waals surface area contributed by atoms with Crippen molar-refractivity contribution in [2.24, 2.45) is 0 Å². The van der Waals surface area contributed by atoms with Crippen molar-refractivity contribution >= 4 is 29.0 Å². The summed E-state index contributed by atoms with van der Waals surface area (Å²) >= 11 is 0. The number of hydrogen-bond acceptors (Lipinski definition) is 3. The highest BCUT2D eigenvalue weighted by atomic mass is 16.2. The SMILES string of the molecule is CC(=O)c1ccc(NC(=O)[C@H](C)[NH+](C)CC(=O)Nc2cc(C)ccc2C)cc1. The van der Waals surface area contributed by atoms with Gasteiger partial charge in [-0.2, -0.15) is 0 Å². The molecule has 0 aliphatic heterocycles. The number of likely N-dealkylation sites (N-methyl/N-ethyl adjacent to an activating group) is 1. The topological polar surface area (TPSA) is 79.7 Å². The first-order valence-electron chi connectivity index (χ1n) is 9.28. The number of hydrogen-bond donors (Lipinski definition) is 3. The molecule has 0 spiro atoms. The van der Waals surface area contributed by atoms with Gasteiger partial charge >= 0.3 is 0 Å². The second-order valence-corrected chi connectivity index (χ2v) is 7.23. The molecule has 0 aliphatic rings. The molecule has 148 valence electrons. The third kappa shape index (κ3) is 5.76. The molecule has 0 aliphatic carbocycles. The predicted molar refractivity (Wildman–Crippen MR) is 111 cm³/mol. The van der Waals surface area contributed by atoms with Crippen LogP contribution in [-0.2, 0) is 9.59 Å². The van der Waals surface area contributed by atoms with Gasteiger partial charge in [-0.1, -0.05) is 12.1 Å². The van der Waals surface area contributed by atoms with E-state index in [4.69, 9.17) is 0 Å². The number of quaternary nitrogens is 1. The highest BCUT2D eigenvalue weighted by Gasteiger charge is 2.24. The van der Waals surface area contributed by atoms with E-state index in [0.717, 1.165) is 21.7 Å². The van der Waals surface area contributed by atoms with E-state index in [1.165, 1.54) is 6.92 Å². The summed E-state index contributed by atoms with van der Waals surface area (Å²) in [6, 6.07) is 12.2. The summed E-state index contributed by atoms with van der Waals surface area (Å²) in [5.41, 5.74) is 4.08. The van der Waals surface area contributed by atoms with Crippen LogP contribution in [0, 0.1) is 13.8 Å². The Morgan fingerprint density at radius 1 is 1.00 bits per heavy atom. The number of anilines is 2. The van der Waals surface area contributed by atoms with Crippen LogP contribution in [0.1, 0.15) is 35.3 Å². The Balaban J connectivity index is 1.92. The Hall–Kier alpha value is -2.99. The summed E-state index contributed by atoms with van der Waals surface area (Å²) in [7, 11) is 1.81. The molecule has 2 amide bonds. The molecule has 0 heterocycles. The van der Waals surface area contributed by atoms with Crippen molar-refractivity contribution in [3.63, 3.8) is 0 Å². The standard InChI is InChI=1S/C22H27N3O3/c1-14-6-7-15(2)20(12-14)24-21(27)13-25(5)16(3)22(28)23-19-10-8-18(9-11-19)17(4)26/h6-12,16H,13H2,1-5H3,(H,23,28)(H,24,27)/p+1/t16-/m0/s1. The van der Waals surface area contributed by atoms with Crippen molar-refractivity contribution in [1.29, 1.82) is 0 Å². The second kappa shape index (κ2) is 9.28. The molecule has 0 saturated carbocycles. The number of nitrogens with one attached hydrogen (secondary N) is 3. The van der Waals surface area contributed by atoms with E-state index in [2.05, 4.69) is 10.6 Å². The fourth-order valence-electron chi connectivity index (χ4n) is 2.73. The zero-order valence-electron chi connectivity index (χ0n) is 17.1. The molecule has 0 saturated heterocycles. The third-order valence-corrected chi connectivity index (χ3v) is 4.80. The van der Waals surface area contributed by atoms with Crippen LogP contribution in [0.5, 0.6) is 0 Å². The lowest BCUT2D eigenvalue weighted by atomic mass is 10.1. The minimum atomic E-state index is -0.420. The van der Waals surface area contributed by atoms with Crippen LogP contribution >= 0.6 is 0 Å². The Labute approximate surface area is 165 Å². The molecule has 2 aromatic rings. The van der Waals surface area contributed by atoms with Gasteiger partial charge in [0.25, 0.3) is 11.8 Å². The molecule has 3 N–H and O–H groups in total. The van der Waals surface area contributed by atoms with Crippen molar-refractivity contribution in [2.45, 2.75) is 33.7 Å². The molecular formula is C22H28N3O3+. The van der Waals surface area contributed by atoms with Crippen LogP contribution in [0.2, 0.25) is 0 Å². The zero-order valence-corrected chi connectivity index (χ0v) is 17.1. The van der Waals surface area contributed by atoms with Crippen molar-refractivity contribution in [3.8, 4) is 0 Å². The van der Waals surface area contributed by atoms with Crippen LogP contribution in [0.15, 0.2) is 42.5 Å². The lowest BCUT2D eigenvalue weighted by Crippen LogP contribution is -3.14. The van der Waals surface area contributed by atoms with Crippen molar-refractivity contribution < 1.29 is 19.3 Å². The number of ketones is 1. The number of carbonyl (C=O) groups excluding carboxylic acids is 3. The molecule has 28 heavy (non-hydrogen) atoms. The third-order valence-electron chi connectivity index (χ3n) is 4.80. The molecule has 6 nitrogen and oxygen atoms in total. The normalized spacial score (nSPS) is 12.8. The molecule has 2 atom stereocenters. The molecule has 6 heteroatoms. The molecule has 2 aromatic carbocycles. The van der Waals surface area contributed by atoms with Crippen LogP contribution in [0.4, 0.5) is 11.4 Å². The molecular weight excluding hydrogens is 354 g/mol. The van der Waals surface area contributed by atoms with Crippen molar-refractivity contribution in [3.05, 3.63) is 59.2 Å². The highest BCUT2D eigenvalue weighted by Crippen LogP contribution is 2.16. The summed E-state index contributed by atoms with van der Waals surface area (Å²) < 4.78 is 0. The number of carbonyl (C=O) groups is 3. The van der Waals surface area contributed by atoms with Gasteiger partial charge in [0.1, 0.15) is 0 Å². The lowest BCUT2D eigenvalue weighted by molar-refractivity contribution is -0.885. The minimum Gasteiger partial charge on any atom is -0.321 e. The average Bonchev–Trinajstić information content (AvgIpc) is 2.64. The first-order valence-corrected chi connectivity index (χ1v) is 9.28. The van der Waals surface area contributed by atoms with Gasteiger partial charge in [0, 0.05) is 16.9 Å². The largest absolute Gasteiger partial charge is 0.321 e. The number of rotatable bonds is 7. The van der Waals surface area contributed by atoms with Crippen LogP contribution < -0.4 is 15.5 Å². The second-order valence-electron chi connectivity index (χ2n) is 7.23. The van der Waals surface area contributed by atoms with Crippen molar-refractivity contribution in [2.75, 3.05) is 24.2 Å². The van der Waals surface area contributed by atoms with E-state index < -0.39 is 6.04 Å². The predicted octanol–water partition coefficient (Wildman–Crippen LogP) is 1.99. The quantitative estimate of drug-likeness (QED) is 0.641. The van der Waals surface area contributed by atoms with Gasteiger partial charge in [0.2, 0.25) is 0 Å². The van der Waals surface area contributed by atoms with Gasteiger partial charge in [-0.05, 0) is 69.2 Å². The van der Waals surface area contributed by atoms with Crippen LogP contribution in [-0.4, -0.2) is 37.2 Å². The molecule has 2 rings (SSSR count). The first kappa shape index (κ1) is 21.3. The van der Waals surface area contributed by atoms with E-state index in [9.17, 15) is 14.4 Å². The van der Waals surface area contributed by atoms with E-state index in [1.807, 2.05) is 39.1 Å². The zero-order chi connectivity index (χ0) is 20.8. The maximum atomic E-state index is 12.5. The van der Waals surface area contributed by atoms with Crippen molar-refractivity contribution in [1.82, 2.24) is 0 Å². The molecule has 0 aromatic heterocycles. The van der Waals surface area contributed by atoms with E-state index in [1.54, 1.807) is 31.2 Å². The summed E-state index contributed by atoms with van der Waals surface area (Å²) in [6.45, 7) is 7.36. The number of aryl methyl sites for hydroxylation is 2. The maximum absolute atomic E-state index is 12.5. The van der Waals surface area contributed by atoms with E-state index in [0.29, 0.717) is 11.3 Å². The highest BCUT2D eigenvalue weighted by molar-refractivity contribution is 5.97. The van der Waals surface area contributed by atoms with Crippen LogP contribution in [0.25, 0.3) is 0 Å². The maximum Gasteiger partial charge on any atom is 0.282 e. The number of amides is 2. The Morgan fingerprint density at radius 2 is 1.64 bits per heavy atom. The Kier molecular flexibility index (Phi) is 7.06. The van der Waals surface area contributed by atoms with Gasteiger partial charge in [-0.3, -0.25) is 14.4 Å². The van der Waals surface area contributed by atoms with Gasteiger partial charge in [-0.15, -0.1) is 0 Å². The summed E-state index contributed by atoms with van der Waals surface area (Å²) in [6.07, 6.45) is 0. The fraction of sp³-hybridized carbons (Fsp3) is 0.318. The minimum absolute atomic E-state index is 0.0229. The molecule has 0 bridgehead atoms. The van der Waals surface area contributed by atoms with E-state index >= 15 is 0 Å². The fourth-order valence-corrected chi connectivity index (χ4v) is 2.73. The molecule has 0 fully saturated rings. The Morgan fingerprint density at radius 3 is 2.25 bits per heavy atom. The van der Waals surface area contributed by atoms with Gasteiger partial charge < -0.3 is 15.5 Å². The molecule has 0 radical (unpaired) electrons. The summed E-state index contributed by atoms with van der Waals surface area (Å²) in [5.74, 6) is -0.352. The summed E-state index contributed by atoms with van der Waals surface area (Å²) in [4.78, 5) is 37.0. The van der Waals surface area contributed by atoms with Gasteiger partial charge in [-0.25, -0.2) is 0 Å². The number of benzene rings is 2. The van der Waals surface area contributed by atoms with E-state index in [-0.39, 0.29) is 24.1 Å². The van der Waals surface area contributed by atoms with Crippen LogP contribution in [0.3, 0.4) is 0 Å². The van der Waals surface area contributed by atoms with Gasteiger partial charge in [0.15, 0.2) is 18.4 Å². The summed E-state index contributed by atoms with van der Waals surface area (Å²) in [5, 5.41) is 5.74. The first-order chi connectivity index (χ1) is 13.2. The number of Topliss-reactive ketones (excluding diaryl/α,β-unsaturated/α-hetero) is 1. The Bertz CT molecular complexity index is 875. The lowest BCUT2D eigenvalue weighted by Gasteiger charge is -2.21. The molecule has 1 unspecified atom stereocenters. The van der Waals surface area contributed by atoms with Gasteiger partial charge in [0.05, 0.1) is 7.05 Å². The smallest absolute Gasteiger partial charge is 0.282 e. The monoisotopic (exact) mass is 382 g/mol.